The van der Waals surface area contributed by atoms with E-state index in [9.17, 15) is 9.59 Å². The monoisotopic (exact) mass is 325 g/mol. The summed E-state index contributed by atoms with van der Waals surface area (Å²) in [5.74, 6) is -0.722. The standard InChI is InChI=1S/C15H27N5O3/c1-11(21)9-12(16)6-7-13-10-20(19-18-13)8-4-3-5-14(17-2)15(22)23/h10,12,14,17H,3-9,16H2,1-2H3,(H,22,23). The van der Waals surface area contributed by atoms with Crippen molar-refractivity contribution >= 4 is 11.8 Å². The Morgan fingerprint density at radius 1 is 1.39 bits per heavy atom. The molecule has 8 heteroatoms. The highest BCUT2D eigenvalue weighted by Gasteiger charge is 2.13. The molecule has 2 atom stereocenters. The molecule has 0 aliphatic heterocycles. The summed E-state index contributed by atoms with van der Waals surface area (Å²) in [6, 6.07) is -0.629. The van der Waals surface area contributed by atoms with Gasteiger partial charge in [-0.3, -0.25) is 14.3 Å². The van der Waals surface area contributed by atoms with Gasteiger partial charge in [-0.1, -0.05) is 5.21 Å². The number of rotatable bonds is 12. The van der Waals surface area contributed by atoms with E-state index in [-0.39, 0.29) is 11.8 Å². The Bertz CT molecular complexity index is 503. The molecule has 0 aromatic carbocycles. The van der Waals surface area contributed by atoms with Gasteiger partial charge in [0.25, 0.3) is 0 Å². The third-order valence-corrected chi connectivity index (χ3v) is 3.68. The number of likely N-dealkylation sites (N-methyl/N-ethyl adjacent to an activating group) is 1. The van der Waals surface area contributed by atoms with E-state index in [2.05, 4.69) is 15.6 Å². The number of carboxylic acids is 1. The number of aryl methyl sites for hydroxylation is 2. The summed E-state index contributed by atoms with van der Waals surface area (Å²) in [5.41, 5.74) is 6.73. The van der Waals surface area contributed by atoms with E-state index in [1.807, 2.05) is 6.20 Å². The van der Waals surface area contributed by atoms with E-state index >= 15 is 0 Å². The van der Waals surface area contributed by atoms with Gasteiger partial charge in [0.1, 0.15) is 11.8 Å². The van der Waals surface area contributed by atoms with Gasteiger partial charge in [-0.2, -0.15) is 0 Å². The van der Waals surface area contributed by atoms with Crippen LogP contribution in [0, 0.1) is 0 Å². The van der Waals surface area contributed by atoms with Gasteiger partial charge >= 0.3 is 5.97 Å². The van der Waals surface area contributed by atoms with E-state index in [0.717, 1.165) is 18.5 Å². The molecule has 0 saturated heterocycles. The first-order valence-electron chi connectivity index (χ1n) is 7.96. The fraction of sp³-hybridized carbons (Fsp3) is 0.733. The van der Waals surface area contributed by atoms with Crippen LogP contribution in [0.3, 0.4) is 0 Å². The number of carboxylic acid groups (broad SMARTS) is 1. The zero-order valence-corrected chi connectivity index (χ0v) is 13.9. The summed E-state index contributed by atoms with van der Waals surface area (Å²) in [6.07, 6.45) is 5.93. The van der Waals surface area contributed by atoms with Gasteiger partial charge in [0.2, 0.25) is 0 Å². The molecular formula is C15H27N5O3. The highest BCUT2D eigenvalue weighted by atomic mass is 16.4. The third kappa shape index (κ3) is 7.85. The van der Waals surface area contributed by atoms with Crippen molar-refractivity contribution in [3.63, 3.8) is 0 Å². The Hall–Kier alpha value is -1.80. The zero-order valence-electron chi connectivity index (χ0n) is 13.9. The molecule has 2 unspecified atom stereocenters. The number of hydrogen-bond acceptors (Lipinski definition) is 6. The van der Waals surface area contributed by atoms with Gasteiger partial charge in [-0.05, 0) is 46.1 Å². The average molecular weight is 325 g/mol. The molecule has 0 spiro atoms. The highest BCUT2D eigenvalue weighted by Crippen LogP contribution is 2.06. The van der Waals surface area contributed by atoms with Crippen LogP contribution in [0.15, 0.2) is 6.20 Å². The number of nitrogens with one attached hydrogen (secondary N) is 1. The number of Topliss-reactive ketones (excluding diaryl/α,β-unsaturated/α-hetero) is 1. The van der Waals surface area contributed by atoms with E-state index in [1.165, 1.54) is 0 Å². The minimum absolute atomic E-state index is 0.0994. The molecule has 1 heterocycles. The molecule has 0 fully saturated rings. The molecule has 0 radical (unpaired) electrons. The Kier molecular flexibility index (Phi) is 8.42. The number of ketones is 1. The summed E-state index contributed by atoms with van der Waals surface area (Å²) < 4.78 is 1.76. The fourth-order valence-corrected chi connectivity index (χ4v) is 2.38. The Balaban J connectivity index is 2.26. The van der Waals surface area contributed by atoms with Gasteiger partial charge in [0, 0.05) is 25.2 Å². The zero-order chi connectivity index (χ0) is 17.2. The summed E-state index contributed by atoms with van der Waals surface area (Å²) in [6.45, 7) is 2.25. The predicted molar refractivity (Wildman–Crippen MR) is 86.0 cm³/mol. The number of carbonyl (C=O) groups excluding carboxylic acids is 1. The average Bonchev–Trinajstić information content (AvgIpc) is 2.92. The summed E-state index contributed by atoms with van der Waals surface area (Å²) in [4.78, 5) is 21.8. The smallest absolute Gasteiger partial charge is 0.320 e. The number of carbonyl (C=O) groups is 2. The number of aliphatic carboxylic acids is 1. The minimum Gasteiger partial charge on any atom is -0.480 e. The van der Waals surface area contributed by atoms with Gasteiger partial charge in [-0.25, -0.2) is 0 Å². The molecule has 130 valence electrons. The second-order valence-electron chi connectivity index (χ2n) is 5.85. The number of nitrogens with zero attached hydrogens (tertiary/aromatic N) is 3. The lowest BCUT2D eigenvalue weighted by molar-refractivity contribution is -0.139. The van der Waals surface area contributed by atoms with Crippen LogP contribution in [-0.2, 0) is 22.6 Å². The summed E-state index contributed by atoms with van der Waals surface area (Å²) in [5, 5.41) is 19.9. The lowest BCUT2D eigenvalue weighted by Gasteiger charge is -2.10. The SMILES string of the molecule is CNC(CCCCn1cc(CCC(N)CC(C)=O)nn1)C(=O)O. The van der Waals surface area contributed by atoms with Crippen molar-refractivity contribution in [1.29, 1.82) is 0 Å². The van der Waals surface area contributed by atoms with Crippen molar-refractivity contribution in [2.45, 2.75) is 64.1 Å². The van der Waals surface area contributed by atoms with Crippen molar-refractivity contribution in [2.75, 3.05) is 7.05 Å². The van der Waals surface area contributed by atoms with E-state index in [1.54, 1.807) is 18.7 Å². The Morgan fingerprint density at radius 2 is 2.13 bits per heavy atom. The number of hydrogen-bond donors (Lipinski definition) is 3. The third-order valence-electron chi connectivity index (χ3n) is 3.68. The maximum atomic E-state index is 11.0. The topological polar surface area (TPSA) is 123 Å². The van der Waals surface area contributed by atoms with Crippen LogP contribution < -0.4 is 11.1 Å². The molecule has 0 amide bonds. The van der Waals surface area contributed by atoms with Gasteiger partial charge in [-0.15, -0.1) is 5.10 Å². The first-order chi connectivity index (χ1) is 10.9. The molecule has 1 aromatic rings. The fourth-order valence-electron chi connectivity index (χ4n) is 2.38. The van der Waals surface area contributed by atoms with Crippen molar-refractivity contribution < 1.29 is 14.7 Å². The Labute approximate surface area is 136 Å². The van der Waals surface area contributed by atoms with Crippen LogP contribution in [-0.4, -0.2) is 51.0 Å². The predicted octanol–water partition coefficient (Wildman–Crippen LogP) is 0.360. The van der Waals surface area contributed by atoms with Crippen LogP contribution in [0.25, 0.3) is 0 Å². The Morgan fingerprint density at radius 3 is 2.74 bits per heavy atom. The molecule has 1 rings (SSSR count). The van der Waals surface area contributed by atoms with Gasteiger partial charge < -0.3 is 16.2 Å². The largest absolute Gasteiger partial charge is 0.480 e. The van der Waals surface area contributed by atoms with Crippen LogP contribution in [0.4, 0.5) is 0 Å². The van der Waals surface area contributed by atoms with Crippen LogP contribution in [0.2, 0.25) is 0 Å². The second kappa shape index (κ2) is 10.1. The lowest BCUT2D eigenvalue weighted by atomic mass is 10.1. The summed E-state index contributed by atoms with van der Waals surface area (Å²) in [7, 11) is 1.65. The van der Waals surface area contributed by atoms with Gasteiger partial charge in [0.15, 0.2) is 0 Å². The van der Waals surface area contributed by atoms with Crippen molar-refractivity contribution in [1.82, 2.24) is 20.3 Å². The number of aromatic nitrogens is 3. The lowest BCUT2D eigenvalue weighted by Crippen LogP contribution is -2.33. The first kappa shape index (κ1) is 19.2. The number of nitrogens with two attached hydrogens (primary N) is 1. The highest BCUT2D eigenvalue weighted by molar-refractivity contribution is 5.76. The molecule has 0 saturated carbocycles. The van der Waals surface area contributed by atoms with Crippen LogP contribution >= 0.6 is 0 Å². The molecule has 0 aliphatic rings. The molecule has 8 nitrogen and oxygen atoms in total. The van der Waals surface area contributed by atoms with Crippen LogP contribution in [0.5, 0.6) is 0 Å². The molecule has 0 aliphatic carbocycles. The molecule has 1 aromatic heterocycles. The quantitative estimate of drug-likeness (QED) is 0.474. The molecule has 4 N–H and O–H groups in total. The van der Waals surface area contributed by atoms with Gasteiger partial charge in [0.05, 0.1) is 5.69 Å². The molecule has 0 bridgehead atoms. The molecular weight excluding hydrogens is 298 g/mol. The van der Waals surface area contributed by atoms with E-state index in [0.29, 0.717) is 32.2 Å². The van der Waals surface area contributed by atoms with Crippen molar-refractivity contribution in [2.24, 2.45) is 5.73 Å². The van der Waals surface area contributed by atoms with E-state index < -0.39 is 12.0 Å². The maximum absolute atomic E-state index is 11.0. The van der Waals surface area contributed by atoms with E-state index in [4.69, 9.17) is 10.8 Å². The van der Waals surface area contributed by atoms with Crippen molar-refractivity contribution in [3.8, 4) is 0 Å². The second-order valence-corrected chi connectivity index (χ2v) is 5.85. The summed E-state index contributed by atoms with van der Waals surface area (Å²) >= 11 is 0. The molecule has 23 heavy (non-hydrogen) atoms. The maximum Gasteiger partial charge on any atom is 0.320 e. The minimum atomic E-state index is -0.822. The normalized spacial score (nSPS) is 13.7. The number of unbranched alkanes of at least 4 members (excludes halogenated alkanes) is 1. The van der Waals surface area contributed by atoms with Crippen LogP contribution in [0.1, 0.15) is 44.7 Å². The first-order valence-corrected chi connectivity index (χ1v) is 7.96. The van der Waals surface area contributed by atoms with Crippen molar-refractivity contribution in [3.05, 3.63) is 11.9 Å².